The largest absolute Gasteiger partial charge is 0.334 e. The summed E-state index contributed by atoms with van der Waals surface area (Å²) in [6, 6.07) is 15.7. The van der Waals surface area contributed by atoms with Crippen molar-refractivity contribution < 1.29 is 18.1 Å². The van der Waals surface area contributed by atoms with Crippen LogP contribution in [0.15, 0.2) is 77.0 Å². The summed E-state index contributed by atoms with van der Waals surface area (Å²) < 4.78 is 33.1. The molecule has 1 atom stereocenters. The number of allylic oxidation sites excluding steroid dienone is 1. The van der Waals surface area contributed by atoms with E-state index >= 15 is 0 Å². The summed E-state index contributed by atoms with van der Waals surface area (Å²) in [6.45, 7) is 3.60. The third-order valence-electron chi connectivity index (χ3n) is 5.83. The van der Waals surface area contributed by atoms with E-state index in [-0.39, 0.29) is 17.5 Å². The first-order valence-electron chi connectivity index (χ1n) is 10.7. The summed E-state index contributed by atoms with van der Waals surface area (Å²) in [5.74, 6) is -0.427. The molecule has 0 aliphatic carbocycles. The molecule has 5 rings (SSSR count). The van der Waals surface area contributed by atoms with Crippen molar-refractivity contribution in [2.45, 2.75) is 19.9 Å². The van der Waals surface area contributed by atoms with E-state index in [1.165, 1.54) is 29.2 Å². The van der Waals surface area contributed by atoms with Crippen LogP contribution in [0.25, 0.3) is 17.0 Å². The van der Waals surface area contributed by atoms with Crippen molar-refractivity contribution in [3.8, 4) is 11.4 Å². The number of nitrogens with one attached hydrogen (secondary N) is 1. The van der Waals surface area contributed by atoms with E-state index in [9.17, 15) is 13.6 Å². The zero-order chi connectivity index (χ0) is 24.7. The van der Waals surface area contributed by atoms with Crippen LogP contribution in [0.2, 0.25) is 5.02 Å². The zero-order valence-electron chi connectivity index (χ0n) is 18.7. The number of urea groups is 1. The van der Waals surface area contributed by atoms with Gasteiger partial charge in [-0.15, -0.1) is 0 Å². The van der Waals surface area contributed by atoms with Crippen molar-refractivity contribution >= 4 is 28.9 Å². The molecule has 1 aromatic heterocycles. The lowest BCUT2D eigenvalue weighted by atomic mass is 9.94. The molecule has 35 heavy (non-hydrogen) atoms. The van der Waals surface area contributed by atoms with E-state index in [1.807, 2.05) is 6.92 Å². The molecule has 4 aromatic rings. The van der Waals surface area contributed by atoms with E-state index in [2.05, 4.69) is 15.5 Å². The maximum Gasteiger partial charge on any atom is 0.326 e. The monoisotopic (exact) mass is 492 g/mol. The Kier molecular flexibility index (Phi) is 5.82. The molecular weight excluding hydrogens is 474 g/mol. The Morgan fingerprint density at radius 1 is 1.00 bits per heavy atom. The molecule has 0 radical (unpaired) electrons. The second kappa shape index (κ2) is 8.96. The second-order valence-electron chi connectivity index (χ2n) is 8.14. The fourth-order valence-electron chi connectivity index (χ4n) is 4.08. The molecule has 0 spiro atoms. The highest BCUT2D eigenvalue weighted by molar-refractivity contribution is 6.31. The van der Waals surface area contributed by atoms with E-state index in [4.69, 9.17) is 16.1 Å². The molecule has 1 aliphatic heterocycles. The molecular formula is C26H19ClF2N4O2. The summed E-state index contributed by atoms with van der Waals surface area (Å²) in [7, 11) is 0. The number of carbonyl (C=O) groups is 1. The molecule has 0 saturated heterocycles. The highest BCUT2D eigenvalue weighted by atomic mass is 35.5. The first-order valence-corrected chi connectivity index (χ1v) is 11.1. The van der Waals surface area contributed by atoms with Crippen LogP contribution < -0.4 is 10.2 Å². The van der Waals surface area contributed by atoms with Gasteiger partial charge in [0.1, 0.15) is 11.6 Å². The van der Waals surface area contributed by atoms with Crippen LogP contribution in [0, 0.1) is 18.6 Å². The van der Waals surface area contributed by atoms with Gasteiger partial charge in [0.15, 0.2) is 0 Å². The smallest absolute Gasteiger partial charge is 0.326 e. The lowest BCUT2D eigenvalue weighted by Gasteiger charge is -2.35. The van der Waals surface area contributed by atoms with E-state index in [1.54, 1.807) is 49.4 Å². The van der Waals surface area contributed by atoms with Gasteiger partial charge in [-0.3, -0.25) is 4.90 Å². The Labute approximate surface area is 204 Å². The molecule has 176 valence electrons. The molecule has 6 nitrogen and oxygen atoms in total. The number of rotatable bonds is 4. The first kappa shape index (κ1) is 22.7. The normalized spacial score (nSPS) is 16.0. The number of anilines is 1. The number of hydrogen-bond donors (Lipinski definition) is 1. The standard InChI is InChI=1S/C26H19ClF2N4O2/c1-14-12-20(10-11-21(14)27)33-15(2)22(23(30-26(33)34)17-4-3-5-19(29)13-17)25-31-24(32-35-25)16-6-8-18(28)9-7-16/h3-13,23H,1-2H3,(H,30,34). The number of carbonyl (C=O) groups excluding carboxylic acids is 1. The maximum atomic E-state index is 14.1. The van der Waals surface area contributed by atoms with Gasteiger partial charge in [-0.1, -0.05) is 28.9 Å². The Bertz CT molecular complexity index is 1470. The van der Waals surface area contributed by atoms with Gasteiger partial charge in [0, 0.05) is 16.3 Å². The first-order chi connectivity index (χ1) is 16.8. The minimum absolute atomic E-state index is 0.145. The summed E-state index contributed by atoms with van der Waals surface area (Å²) in [6.07, 6.45) is 0. The van der Waals surface area contributed by atoms with Gasteiger partial charge in [-0.2, -0.15) is 4.98 Å². The van der Waals surface area contributed by atoms with Gasteiger partial charge >= 0.3 is 6.03 Å². The van der Waals surface area contributed by atoms with Crippen molar-refractivity contribution in [3.63, 3.8) is 0 Å². The van der Waals surface area contributed by atoms with Crippen LogP contribution in [-0.4, -0.2) is 16.2 Å². The molecule has 3 aromatic carbocycles. The van der Waals surface area contributed by atoms with Gasteiger partial charge < -0.3 is 9.84 Å². The van der Waals surface area contributed by atoms with Crippen molar-refractivity contribution in [1.82, 2.24) is 15.5 Å². The quantitative estimate of drug-likeness (QED) is 0.345. The average Bonchev–Trinajstić information content (AvgIpc) is 3.31. The van der Waals surface area contributed by atoms with Crippen LogP contribution in [0.3, 0.4) is 0 Å². The third-order valence-corrected chi connectivity index (χ3v) is 6.25. The van der Waals surface area contributed by atoms with Gasteiger partial charge in [0.2, 0.25) is 5.82 Å². The summed E-state index contributed by atoms with van der Waals surface area (Å²) in [5, 5.41) is 7.55. The zero-order valence-corrected chi connectivity index (χ0v) is 19.5. The number of benzene rings is 3. The van der Waals surface area contributed by atoms with Gasteiger partial charge in [-0.25, -0.2) is 13.6 Å². The van der Waals surface area contributed by atoms with Crippen LogP contribution in [-0.2, 0) is 0 Å². The van der Waals surface area contributed by atoms with Crippen LogP contribution in [0.1, 0.15) is 30.0 Å². The SMILES string of the molecule is CC1=C(c2nc(-c3ccc(F)cc3)no2)C(c2cccc(F)c2)NC(=O)N1c1ccc(Cl)c(C)c1. The molecule has 2 heterocycles. The van der Waals surface area contributed by atoms with E-state index in [0.29, 0.717) is 33.1 Å². The number of nitrogens with zero attached hydrogens (tertiary/aromatic N) is 3. The third kappa shape index (κ3) is 4.28. The van der Waals surface area contributed by atoms with Gasteiger partial charge in [0.05, 0.1) is 17.3 Å². The molecule has 0 fully saturated rings. The highest BCUT2D eigenvalue weighted by Gasteiger charge is 2.36. The fourth-order valence-corrected chi connectivity index (χ4v) is 4.20. The number of hydrogen-bond acceptors (Lipinski definition) is 4. The predicted molar refractivity (Wildman–Crippen MR) is 129 cm³/mol. The topological polar surface area (TPSA) is 71.3 Å². The summed E-state index contributed by atoms with van der Waals surface area (Å²) in [5.41, 5.74) is 3.50. The lowest BCUT2D eigenvalue weighted by molar-refractivity contribution is 0.244. The minimum atomic E-state index is -0.746. The molecule has 0 bridgehead atoms. The fraction of sp³-hybridized carbons (Fsp3) is 0.115. The highest BCUT2D eigenvalue weighted by Crippen LogP contribution is 2.39. The second-order valence-corrected chi connectivity index (χ2v) is 8.54. The van der Waals surface area contributed by atoms with E-state index < -0.39 is 17.9 Å². The Morgan fingerprint density at radius 3 is 2.49 bits per heavy atom. The molecule has 1 N–H and O–H groups in total. The van der Waals surface area contributed by atoms with Crippen molar-refractivity contribution in [1.29, 1.82) is 0 Å². The minimum Gasteiger partial charge on any atom is -0.334 e. The molecule has 0 saturated carbocycles. The van der Waals surface area contributed by atoms with Gasteiger partial charge in [0.25, 0.3) is 5.89 Å². The number of aryl methyl sites for hydroxylation is 1. The number of halogens is 3. The lowest BCUT2D eigenvalue weighted by Crippen LogP contribution is -2.46. The van der Waals surface area contributed by atoms with Crippen LogP contribution >= 0.6 is 11.6 Å². The van der Waals surface area contributed by atoms with Crippen LogP contribution in [0.4, 0.5) is 19.3 Å². The molecule has 2 amide bonds. The Hall–Kier alpha value is -4.04. The molecule has 1 aliphatic rings. The summed E-state index contributed by atoms with van der Waals surface area (Å²) in [4.78, 5) is 19.3. The molecule has 1 unspecified atom stereocenters. The number of aromatic nitrogens is 2. The average molecular weight is 493 g/mol. The Morgan fingerprint density at radius 2 is 1.77 bits per heavy atom. The summed E-state index contributed by atoms with van der Waals surface area (Å²) >= 11 is 6.18. The van der Waals surface area contributed by atoms with Gasteiger partial charge in [-0.05, 0) is 79.6 Å². The van der Waals surface area contributed by atoms with Crippen molar-refractivity contribution in [3.05, 3.63) is 106 Å². The molecule has 9 heteroatoms. The van der Waals surface area contributed by atoms with Crippen molar-refractivity contribution in [2.75, 3.05) is 4.90 Å². The van der Waals surface area contributed by atoms with E-state index in [0.717, 1.165) is 5.56 Å². The maximum absolute atomic E-state index is 14.1. The Balaban J connectivity index is 1.66. The van der Waals surface area contributed by atoms with Crippen molar-refractivity contribution in [2.24, 2.45) is 0 Å². The van der Waals surface area contributed by atoms with Crippen LogP contribution in [0.5, 0.6) is 0 Å². The number of amides is 2. The predicted octanol–water partition coefficient (Wildman–Crippen LogP) is 6.68.